The van der Waals surface area contributed by atoms with Gasteiger partial charge in [-0.05, 0) is 31.0 Å². The predicted molar refractivity (Wildman–Crippen MR) is 53.8 cm³/mol. The van der Waals surface area contributed by atoms with Crippen molar-refractivity contribution in [1.29, 1.82) is 0 Å². The summed E-state index contributed by atoms with van der Waals surface area (Å²) < 4.78 is 5.37. The first kappa shape index (κ1) is 9.74. The standard InChI is InChI=1S/C11H17NO2/c1-8-5-9(7-13)11(12-6-8)10-3-2-4-14-10/h2-4,8-9,11-13H,5-7H2,1H3. The molecule has 2 heterocycles. The molecule has 0 radical (unpaired) electrons. The quantitative estimate of drug-likeness (QED) is 0.752. The molecular weight excluding hydrogens is 178 g/mol. The van der Waals surface area contributed by atoms with Crippen LogP contribution >= 0.6 is 0 Å². The van der Waals surface area contributed by atoms with Crippen molar-refractivity contribution in [2.45, 2.75) is 19.4 Å². The Hall–Kier alpha value is -0.800. The first-order valence-corrected chi connectivity index (χ1v) is 5.19. The Balaban J connectivity index is 2.10. The number of nitrogens with one attached hydrogen (secondary N) is 1. The third-order valence-electron chi connectivity index (χ3n) is 2.95. The first-order valence-electron chi connectivity index (χ1n) is 5.19. The van der Waals surface area contributed by atoms with Crippen LogP contribution in [0.3, 0.4) is 0 Å². The van der Waals surface area contributed by atoms with Gasteiger partial charge in [0.05, 0.1) is 12.3 Å². The van der Waals surface area contributed by atoms with E-state index in [0.29, 0.717) is 5.92 Å². The smallest absolute Gasteiger partial charge is 0.121 e. The van der Waals surface area contributed by atoms with Crippen LogP contribution in [0.4, 0.5) is 0 Å². The Kier molecular flexibility index (Phi) is 2.89. The Labute approximate surface area is 84.1 Å². The largest absolute Gasteiger partial charge is 0.468 e. The van der Waals surface area contributed by atoms with Crippen LogP contribution in [0.25, 0.3) is 0 Å². The van der Waals surface area contributed by atoms with Crippen LogP contribution in [0.2, 0.25) is 0 Å². The minimum atomic E-state index is 0.186. The molecule has 3 atom stereocenters. The Morgan fingerprint density at radius 1 is 1.64 bits per heavy atom. The number of furan rings is 1. The summed E-state index contributed by atoms with van der Waals surface area (Å²) in [4.78, 5) is 0. The van der Waals surface area contributed by atoms with Gasteiger partial charge in [0.1, 0.15) is 5.76 Å². The summed E-state index contributed by atoms with van der Waals surface area (Å²) in [5.41, 5.74) is 0. The summed E-state index contributed by atoms with van der Waals surface area (Å²) in [5.74, 6) is 1.86. The van der Waals surface area contributed by atoms with E-state index in [1.165, 1.54) is 0 Å². The number of hydrogen-bond donors (Lipinski definition) is 2. The molecule has 1 aromatic rings. The van der Waals surface area contributed by atoms with Gasteiger partial charge in [-0.1, -0.05) is 6.92 Å². The van der Waals surface area contributed by atoms with Gasteiger partial charge in [-0.15, -0.1) is 0 Å². The first-order chi connectivity index (χ1) is 6.81. The van der Waals surface area contributed by atoms with Gasteiger partial charge in [-0.25, -0.2) is 0 Å². The van der Waals surface area contributed by atoms with E-state index in [9.17, 15) is 5.11 Å². The highest BCUT2D eigenvalue weighted by Crippen LogP contribution is 2.31. The van der Waals surface area contributed by atoms with Gasteiger partial charge >= 0.3 is 0 Å². The van der Waals surface area contributed by atoms with E-state index < -0.39 is 0 Å². The van der Waals surface area contributed by atoms with E-state index in [-0.39, 0.29) is 18.6 Å². The fourth-order valence-electron chi connectivity index (χ4n) is 2.21. The van der Waals surface area contributed by atoms with Crippen molar-refractivity contribution < 1.29 is 9.52 Å². The van der Waals surface area contributed by atoms with E-state index >= 15 is 0 Å². The van der Waals surface area contributed by atoms with Gasteiger partial charge in [-0.2, -0.15) is 0 Å². The number of piperidine rings is 1. The third kappa shape index (κ3) is 1.83. The second kappa shape index (κ2) is 4.15. The lowest BCUT2D eigenvalue weighted by atomic mass is 9.85. The van der Waals surface area contributed by atoms with Gasteiger partial charge in [0.2, 0.25) is 0 Å². The molecule has 78 valence electrons. The zero-order chi connectivity index (χ0) is 9.97. The van der Waals surface area contributed by atoms with E-state index in [1.807, 2.05) is 12.1 Å². The van der Waals surface area contributed by atoms with E-state index in [1.54, 1.807) is 6.26 Å². The molecule has 14 heavy (non-hydrogen) atoms. The van der Waals surface area contributed by atoms with Crippen LogP contribution in [0.15, 0.2) is 22.8 Å². The summed E-state index contributed by atoms with van der Waals surface area (Å²) in [6.45, 7) is 3.43. The van der Waals surface area contributed by atoms with Crippen LogP contribution in [-0.2, 0) is 0 Å². The van der Waals surface area contributed by atoms with Crippen molar-refractivity contribution in [3.05, 3.63) is 24.2 Å². The molecule has 0 aromatic carbocycles. The van der Waals surface area contributed by atoms with Gasteiger partial charge in [0.25, 0.3) is 0 Å². The highest BCUT2D eigenvalue weighted by Gasteiger charge is 2.30. The summed E-state index contributed by atoms with van der Waals surface area (Å²) in [7, 11) is 0. The molecular formula is C11H17NO2. The monoisotopic (exact) mass is 195 g/mol. The number of aliphatic hydroxyl groups excluding tert-OH is 1. The van der Waals surface area contributed by atoms with Gasteiger partial charge < -0.3 is 14.8 Å². The zero-order valence-electron chi connectivity index (χ0n) is 8.44. The molecule has 0 amide bonds. The number of rotatable bonds is 2. The molecule has 0 spiro atoms. The van der Waals surface area contributed by atoms with Crippen molar-refractivity contribution in [3.8, 4) is 0 Å². The highest BCUT2D eigenvalue weighted by atomic mass is 16.3. The van der Waals surface area contributed by atoms with Crippen LogP contribution in [0.1, 0.15) is 25.1 Å². The molecule has 3 heteroatoms. The maximum Gasteiger partial charge on any atom is 0.121 e. The lowest BCUT2D eigenvalue weighted by Gasteiger charge is -2.33. The van der Waals surface area contributed by atoms with Crippen molar-refractivity contribution >= 4 is 0 Å². The Morgan fingerprint density at radius 3 is 3.14 bits per heavy atom. The van der Waals surface area contributed by atoms with E-state index in [0.717, 1.165) is 18.7 Å². The fraction of sp³-hybridized carbons (Fsp3) is 0.636. The molecule has 1 aromatic heterocycles. The van der Waals surface area contributed by atoms with Crippen molar-refractivity contribution in [2.75, 3.05) is 13.2 Å². The van der Waals surface area contributed by atoms with Crippen LogP contribution < -0.4 is 5.32 Å². The van der Waals surface area contributed by atoms with Crippen molar-refractivity contribution in [3.63, 3.8) is 0 Å². The molecule has 3 nitrogen and oxygen atoms in total. The van der Waals surface area contributed by atoms with Crippen molar-refractivity contribution in [2.24, 2.45) is 11.8 Å². The lowest BCUT2D eigenvalue weighted by molar-refractivity contribution is 0.125. The SMILES string of the molecule is CC1CNC(c2ccco2)C(CO)C1. The molecule has 2 rings (SSSR count). The average molecular weight is 195 g/mol. The second-order valence-corrected chi connectivity index (χ2v) is 4.18. The normalized spacial score (nSPS) is 33.1. The van der Waals surface area contributed by atoms with E-state index in [4.69, 9.17) is 4.42 Å². The summed E-state index contributed by atoms with van der Waals surface area (Å²) in [6, 6.07) is 4.05. The van der Waals surface area contributed by atoms with Crippen molar-refractivity contribution in [1.82, 2.24) is 5.32 Å². The lowest BCUT2D eigenvalue weighted by Crippen LogP contribution is -2.39. The van der Waals surface area contributed by atoms with Crippen LogP contribution in [-0.4, -0.2) is 18.3 Å². The molecule has 0 saturated carbocycles. The highest BCUT2D eigenvalue weighted by molar-refractivity contribution is 5.07. The second-order valence-electron chi connectivity index (χ2n) is 4.18. The molecule has 0 aliphatic carbocycles. The van der Waals surface area contributed by atoms with Crippen LogP contribution in [0.5, 0.6) is 0 Å². The molecule has 1 aliphatic rings. The van der Waals surface area contributed by atoms with Crippen LogP contribution in [0, 0.1) is 11.8 Å². The third-order valence-corrected chi connectivity index (χ3v) is 2.95. The fourth-order valence-corrected chi connectivity index (χ4v) is 2.21. The van der Waals surface area contributed by atoms with Gasteiger partial charge in [0, 0.05) is 12.5 Å². The molecule has 0 bridgehead atoms. The molecule has 1 aliphatic heterocycles. The average Bonchev–Trinajstić information content (AvgIpc) is 2.70. The summed E-state index contributed by atoms with van der Waals surface area (Å²) in [5, 5.41) is 12.7. The molecule has 2 N–H and O–H groups in total. The zero-order valence-corrected chi connectivity index (χ0v) is 8.44. The maximum atomic E-state index is 9.30. The molecule has 1 saturated heterocycles. The predicted octanol–water partition coefficient (Wildman–Crippen LogP) is 1.56. The molecule has 1 fully saturated rings. The maximum absolute atomic E-state index is 9.30. The topological polar surface area (TPSA) is 45.4 Å². The minimum absolute atomic E-state index is 0.186. The minimum Gasteiger partial charge on any atom is -0.468 e. The van der Waals surface area contributed by atoms with Gasteiger partial charge in [0.15, 0.2) is 0 Å². The molecule has 3 unspecified atom stereocenters. The summed E-state index contributed by atoms with van der Waals surface area (Å²) >= 11 is 0. The number of aliphatic hydroxyl groups is 1. The van der Waals surface area contributed by atoms with Gasteiger partial charge in [-0.3, -0.25) is 0 Å². The summed E-state index contributed by atoms with van der Waals surface area (Å²) in [6.07, 6.45) is 2.75. The Morgan fingerprint density at radius 2 is 2.50 bits per heavy atom. The van der Waals surface area contributed by atoms with E-state index in [2.05, 4.69) is 12.2 Å². The number of hydrogen-bond acceptors (Lipinski definition) is 3. The Bertz CT molecular complexity index is 271.